The van der Waals surface area contributed by atoms with Crippen LogP contribution in [0, 0.1) is 0 Å². The van der Waals surface area contributed by atoms with Gasteiger partial charge in [0.25, 0.3) is 0 Å². The van der Waals surface area contributed by atoms with Gasteiger partial charge in [0, 0.05) is 17.8 Å². The summed E-state index contributed by atoms with van der Waals surface area (Å²) in [5.74, 6) is 0. The summed E-state index contributed by atoms with van der Waals surface area (Å²) in [6.07, 6.45) is 5.58. The predicted octanol–water partition coefficient (Wildman–Crippen LogP) is 3.86. The van der Waals surface area contributed by atoms with E-state index in [9.17, 15) is 0 Å². The van der Waals surface area contributed by atoms with Crippen molar-refractivity contribution in [3.8, 4) is 0 Å². The number of hydrogen-bond donors (Lipinski definition) is 0. The molecule has 0 aliphatic carbocycles. The smallest absolute Gasteiger partial charge is 0.0651 e. The van der Waals surface area contributed by atoms with Crippen molar-refractivity contribution in [2.75, 3.05) is 11.6 Å². The van der Waals surface area contributed by atoms with Crippen molar-refractivity contribution in [1.82, 2.24) is 5.01 Å². The fraction of sp³-hybridized carbons (Fsp3) is 0.250. The molecule has 2 nitrogen and oxygen atoms in total. The van der Waals surface area contributed by atoms with Crippen LogP contribution in [-0.4, -0.2) is 11.6 Å². The number of benzene rings is 1. The van der Waals surface area contributed by atoms with Gasteiger partial charge in [-0.05, 0) is 31.4 Å². The van der Waals surface area contributed by atoms with Crippen molar-refractivity contribution in [3.05, 3.63) is 66.5 Å². The Hall–Kier alpha value is -1.96. The Bertz CT molecular complexity index is 513. The molecule has 3 rings (SSSR count). The van der Waals surface area contributed by atoms with E-state index < -0.39 is 0 Å². The first-order valence-electron chi connectivity index (χ1n) is 6.50. The molecule has 0 N–H and O–H groups in total. The minimum Gasteiger partial charge on any atom is -0.284 e. The van der Waals surface area contributed by atoms with E-state index in [4.69, 9.17) is 0 Å². The average molecular weight is 238 g/mol. The van der Waals surface area contributed by atoms with Gasteiger partial charge in [-0.2, -0.15) is 0 Å². The van der Waals surface area contributed by atoms with E-state index in [1.165, 1.54) is 29.8 Å². The summed E-state index contributed by atoms with van der Waals surface area (Å²) in [4.78, 5) is 0. The Kier molecular flexibility index (Phi) is 2.71. The van der Waals surface area contributed by atoms with Gasteiger partial charge in [0.1, 0.15) is 0 Å². The first kappa shape index (κ1) is 11.1. The summed E-state index contributed by atoms with van der Waals surface area (Å²) in [5.41, 5.74) is 4.82. The molecule has 1 aromatic rings. The van der Waals surface area contributed by atoms with Gasteiger partial charge in [-0.25, -0.2) is 0 Å². The van der Waals surface area contributed by atoms with Gasteiger partial charge in [0.15, 0.2) is 0 Å². The summed E-state index contributed by atoms with van der Waals surface area (Å²) in [6, 6.07) is 10.4. The molecule has 0 spiro atoms. The third-order valence-corrected chi connectivity index (χ3v) is 3.67. The molecular weight excluding hydrogens is 220 g/mol. The van der Waals surface area contributed by atoms with Crippen LogP contribution in [0.15, 0.2) is 66.5 Å². The third kappa shape index (κ3) is 1.57. The second kappa shape index (κ2) is 4.37. The molecule has 2 heterocycles. The summed E-state index contributed by atoms with van der Waals surface area (Å²) in [6.45, 7) is 9.25. The molecular formula is C16H18N2. The van der Waals surface area contributed by atoms with Crippen molar-refractivity contribution in [1.29, 1.82) is 0 Å². The van der Waals surface area contributed by atoms with Crippen molar-refractivity contribution in [2.45, 2.75) is 19.3 Å². The highest BCUT2D eigenvalue weighted by atomic mass is 15.7. The van der Waals surface area contributed by atoms with E-state index >= 15 is 0 Å². The number of piperidine rings is 1. The van der Waals surface area contributed by atoms with Crippen LogP contribution in [0.5, 0.6) is 0 Å². The van der Waals surface area contributed by atoms with Crippen LogP contribution in [0.25, 0.3) is 0 Å². The number of rotatable bonds is 2. The van der Waals surface area contributed by atoms with Gasteiger partial charge in [-0.3, -0.25) is 10.0 Å². The van der Waals surface area contributed by atoms with E-state index in [2.05, 4.69) is 47.4 Å². The van der Waals surface area contributed by atoms with E-state index in [1.807, 2.05) is 12.1 Å². The molecule has 18 heavy (non-hydrogen) atoms. The maximum Gasteiger partial charge on any atom is 0.0651 e. The molecule has 1 aromatic carbocycles. The molecule has 0 amide bonds. The molecule has 1 fully saturated rings. The highest BCUT2D eigenvalue weighted by Crippen LogP contribution is 2.40. The Morgan fingerprint density at radius 2 is 1.89 bits per heavy atom. The highest BCUT2D eigenvalue weighted by molar-refractivity contribution is 5.62. The molecule has 0 saturated carbocycles. The Labute approximate surface area is 108 Å². The molecule has 92 valence electrons. The molecule has 0 unspecified atom stereocenters. The summed E-state index contributed by atoms with van der Waals surface area (Å²) in [5, 5.41) is 4.59. The van der Waals surface area contributed by atoms with Crippen LogP contribution in [0.3, 0.4) is 0 Å². The minimum absolute atomic E-state index is 1.05. The monoisotopic (exact) mass is 238 g/mol. The maximum atomic E-state index is 4.24. The average Bonchev–Trinajstić information content (AvgIpc) is 2.71. The normalized spacial score (nSPS) is 19.2. The van der Waals surface area contributed by atoms with Crippen LogP contribution in [0.1, 0.15) is 19.3 Å². The largest absolute Gasteiger partial charge is 0.284 e. The Morgan fingerprint density at radius 3 is 2.61 bits per heavy atom. The van der Waals surface area contributed by atoms with Gasteiger partial charge >= 0.3 is 0 Å². The van der Waals surface area contributed by atoms with E-state index in [1.54, 1.807) is 0 Å². The summed E-state index contributed by atoms with van der Waals surface area (Å²) < 4.78 is 0. The van der Waals surface area contributed by atoms with Gasteiger partial charge in [-0.1, -0.05) is 37.4 Å². The first-order valence-corrected chi connectivity index (χ1v) is 6.50. The van der Waals surface area contributed by atoms with Crippen LogP contribution in [0.2, 0.25) is 0 Å². The summed E-state index contributed by atoms with van der Waals surface area (Å²) >= 11 is 0. The van der Waals surface area contributed by atoms with Crippen LogP contribution < -0.4 is 5.01 Å². The van der Waals surface area contributed by atoms with Gasteiger partial charge in [-0.15, -0.1) is 0 Å². The van der Waals surface area contributed by atoms with Crippen LogP contribution >= 0.6 is 0 Å². The second-order valence-corrected chi connectivity index (χ2v) is 4.74. The SMILES string of the molecule is C=CC1=C2CCCCN2N(c2ccccc2)C1=C. The topological polar surface area (TPSA) is 6.48 Å². The fourth-order valence-electron chi connectivity index (χ4n) is 2.84. The van der Waals surface area contributed by atoms with Gasteiger partial charge in [0.05, 0.1) is 11.4 Å². The standard InChI is InChI=1S/C16H18N2/c1-3-15-13(2)18(14-9-5-4-6-10-14)17-12-8-7-11-16(15)17/h3-6,9-10H,1-2,7-8,11-12H2. The maximum absolute atomic E-state index is 4.24. The van der Waals surface area contributed by atoms with Gasteiger partial charge < -0.3 is 0 Å². The lowest BCUT2D eigenvalue weighted by atomic mass is 10.0. The molecule has 0 bridgehead atoms. The quantitative estimate of drug-likeness (QED) is 0.772. The Balaban J connectivity index is 2.03. The van der Waals surface area contributed by atoms with Crippen molar-refractivity contribution < 1.29 is 0 Å². The molecule has 2 aliphatic rings. The molecule has 2 aliphatic heterocycles. The lowest BCUT2D eigenvalue weighted by Crippen LogP contribution is -2.38. The minimum atomic E-state index is 1.05. The number of hydrazine groups is 1. The zero-order valence-electron chi connectivity index (χ0n) is 10.6. The zero-order valence-corrected chi connectivity index (χ0v) is 10.6. The number of fused-ring (bicyclic) bond motifs is 1. The zero-order chi connectivity index (χ0) is 12.5. The van der Waals surface area contributed by atoms with E-state index in [-0.39, 0.29) is 0 Å². The lowest BCUT2D eigenvalue weighted by molar-refractivity contribution is 0.302. The van der Waals surface area contributed by atoms with Gasteiger partial charge in [0.2, 0.25) is 0 Å². The molecule has 2 heteroatoms. The number of anilines is 1. The third-order valence-electron chi connectivity index (χ3n) is 3.67. The highest BCUT2D eigenvalue weighted by Gasteiger charge is 2.33. The van der Waals surface area contributed by atoms with Crippen molar-refractivity contribution in [3.63, 3.8) is 0 Å². The number of nitrogens with zero attached hydrogens (tertiary/aromatic N) is 2. The molecule has 1 saturated heterocycles. The fourth-order valence-corrected chi connectivity index (χ4v) is 2.84. The predicted molar refractivity (Wildman–Crippen MR) is 75.8 cm³/mol. The molecule has 0 aromatic heterocycles. The Morgan fingerprint density at radius 1 is 1.11 bits per heavy atom. The van der Waals surface area contributed by atoms with Crippen LogP contribution in [-0.2, 0) is 0 Å². The molecule has 0 radical (unpaired) electrons. The summed E-state index contributed by atoms with van der Waals surface area (Å²) in [7, 11) is 0. The van der Waals surface area contributed by atoms with E-state index in [0.29, 0.717) is 0 Å². The number of hydrogen-bond acceptors (Lipinski definition) is 2. The number of para-hydroxylation sites is 1. The van der Waals surface area contributed by atoms with Crippen molar-refractivity contribution >= 4 is 5.69 Å². The van der Waals surface area contributed by atoms with Crippen LogP contribution in [0.4, 0.5) is 5.69 Å². The lowest BCUT2D eigenvalue weighted by Gasteiger charge is -2.36. The van der Waals surface area contributed by atoms with E-state index in [0.717, 1.165) is 18.7 Å². The second-order valence-electron chi connectivity index (χ2n) is 4.74. The first-order chi connectivity index (χ1) is 8.83. The molecule has 0 atom stereocenters. The number of allylic oxidation sites excluding steroid dienone is 2. The van der Waals surface area contributed by atoms with Crippen molar-refractivity contribution in [2.24, 2.45) is 0 Å².